The van der Waals surface area contributed by atoms with Gasteiger partial charge >= 0.3 is 5.97 Å². The zero-order valence-corrected chi connectivity index (χ0v) is 19.3. The quantitative estimate of drug-likeness (QED) is 0.426. The van der Waals surface area contributed by atoms with E-state index in [1.54, 1.807) is 11.3 Å². The minimum absolute atomic E-state index is 0.0233. The Morgan fingerprint density at radius 3 is 2.58 bits per heavy atom. The molecule has 1 unspecified atom stereocenters. The largest absolute Gasteiger partial charge is 0.481 e. The molecule has 2 aromatic carbocycles. The minimum atomic E-state index is -0.942. The molecule has 4 rings (SSSR count). The Labute approximate surface area is 199 Å². The van der Waals surface area contributed by atoms with E-state index >= 15 is 0 Å². The summed E-state index contributed by atoms with van der Waals surface area (Å²) in [5, 5.41) is 16.5. The number of hydrogen-bond donors (Lipinski definition) is 3. The summed E-state index contributed by atoms with van der Waals surface area (Å²) >= 11 is 2.70. The molecule has 0 saturated heterocycles. The van der Waals surface area contributed by atoms with Gasteiger partial charge in [0.05, 0.1) is 22.9 Å². The molecule has 0 fully saturated rings. The number of carbonyl (C=O) groups excluding carboxylic acids is 2. The fourth-order valence-corrected chi connectivity index (χ4v) is 4.97. The Bertz CT molecular complexity index is 1130. The van der Waals surface area contributed by atoms with E-state index in [2.05, 4.69) is 15.5 Å². The topological polar surface area (TPSA) is 98.7 Å². The molecule has 2 heterocycles. The fraction of sp³-hybridized carbons (Fsp3) is 0.208. The highest BCUT2D eigenvalue weighted by Gasteiger charge is 2.33. The van der Waals surface area contributed by atoms with E-state index in [1.165, 1.54) is 0 Å². The molecule has 1 aliphatic rings. The van der Waals surface area contributed by atoms with Crippen LogP contribution in [0.4, 0.5) is 17.1 Å². The van der Waals surface area contributed by atoms with Gasteiger partial charge in [0.25, 0.3) is 0 Å². The zero-order valence-electron chi connectivity index (χ0n) is 17.7. The first-order valence-electron chi connectivity index (χ1n) is 10.4. The minimum Gasteiger partial charge on any atom is -0.481 e. The number of rotatable bonds is 9. The molecule has 0 saturated carbocycles. The first-order chi connectivity index (χ1) is 16.0. The van der Waals surface area contributed by atoms with Crippen molar-refractivity contribution >= 4 is 57.9 Å². The number of carboxylic acid groups (broad SMARTS) is 1. The smallest absolute Gasteiger partial charge is 0.313 e. The lowest BCUT2D eigenvalue weighted by molar-refractivity contribution is -0.133. The number of amides is 2. The van der Waals surface area contributed by atoms with E-state index in [9.17, 15) is 14.4 Å². The van der Waals surface area contributed by atoms with Gasteiger partial charge in [0.15, 0.2) is 0 Å². The lowest BCUT2D eigenvalue weighted by atomic mass is 10.0. The third kappa shape index (κ3) is 5.94. The Morgan fingerprint density at radius 1 is 1.06 bits per heavy atom. The molecule has 0 spiro atoms. The molecule has 2 amide bonds. The van der Waals surface area contributed by atoms with Gasteiger partial charge in [0, 0.05) is 23.5 Å². The average Bonchev–Trinajstić information content (AvgIpc) is 3.30. The van der Waals surface area contributed by atoms with Crippen LogP contribution in [0.1, 0.15) is 10.4 Å². The summed E-state index contributed by atoms with van der Waals surface area (Å²) < 4.78 is 0. The molecule has 3 N–H and O–H groups in total. The zero-order chi connectivity index (χ0) is 23.2. The van der Waals surface area contributed by atoms with Gasteiger partial charge < -0.3 is 20.6 Å². The van der Waals surface area contributed by atoms with Crippen LogP contribution in [0.25, 0.3) is 0 Å². The molecule has 0 radical (unpaired) electrons. The van der Waals surface area contributed by atoms with Crippen molar-refractivity contribution in [1.29, 1.82) is 0 Å². The lowest BCUT2D eigenvalue weighted by Crippen LogP contribution is -2.48. The van der Waals surface area contributed by atoms with Crippen LogP contribution in [-0.4, -0.2) is 40.4 Å². The molecule has 9 heteroatoms. The highest BCUT2D eigenvalue weighted by Crippen LogP contribution is 2.34. The van der Waals surface area contributed by atoms with Crippen molar-refractivity contribution < 1.29 is 19.5 Å². The second-order valence-corrected chi connectivity index (χ2v) is 9.58. The fourth-order valence-electron chi connectivity index (χ4n) is 3.69. The standard InChI is InChI=1S/C24H23N3O4S2/c28-22(14-32-15-23(29)30)25-17-9-7-16(8-10-17)13-27-20-6-2-1-5-19(20)26-24(31)21(27)12-18-4-3-11-33-18/h1-11,21H,12-15H2,(H,25,28)(H,26,31)(H,29,30). The summed E-state index contributed by atoms with van der Waals surface area (Å²) in [5.41, 5.74) is 3.43. The maximum atomic E-state index is 13.0. The number of anilines is 3. The second-order valence-electron chi connectivity index (χ2n) is 7.57. The molecule has 0 bridgehead atoms. The van der Waals surface area contributed by atoms with Gasteiger partial charge in [-0.15, -0.1) is 23.1 Å². The summed E-state index contributed by atoms with van der Waals surface area (Å²) in [6, 6.07) is 19.0. The van der Waals surface area contributed by atoms with Crippen LogP contribution >= 0.6 is 23.1 Å². The van der Waals surface area contributed by atoms with Gasteiger partial charge in [-0.1, -0.05) is 30.3 Å². The predicted molar refractivity (Wildman–Crippen MR) is 133 cm³/mol. The van der Waals surface area contributed by atoms with Crippen molar-refractivity contribution in [2.24, 2.45) is 0 Å². The number of fused-ring (bicyclic) bond motifs is 1. The number of hydrogen-bond acceptors (Lipinski definition) is 6. The first-order valence-corrected chi connectivity index (χ1v) is 12.4. The van der Waals surface area contributed by atoms with E-state index in [1.807, 2.05) is 66.0 Å². The van der Waals surface area contributed by atoms with E-state index < -0.39 is 5.97 Å². The third-order valence-electron chi connectivity index (χ3n) is 5.17. The van der Waals surface area contributed by atoms with Crippen LogP contribution in [-0.2, 0) is 27.3 Å². The maximum Gasteiger partial charge on any atom is 0.313 e. The SMILES string of the molecule is O=C(O)CSCC(=O)Nc1ccc(CN2c3ccccc3NC(=O)C2Cc2cccs2)cc1. The van der Waals surface area contributed by atoms with Crippen LogP contribution in [0.15, 0.2) is 66.0 Å². The van der Waals surface area contributed by atoms with E-state index in [4.69, 9.17) is 5.11 Å². The second kappa shape index (κ2) is 10.5. The van der Waals surface area contributed by atoms with Gasteiger partial charge in [0.1, 0.15) is 6.04 Å². The average molecular weight is 482 g/mol. The highest BCUT2D eigenvalue weighted by atomic mass is 32.2. The number of nitrogens with zero attached hydrogens (tertiary/aromatic N) is 1. The molecule has 33 heavy (non-hydrogen) atoms. The summed E-state index contributed by atoms with van der Waals surface area (Å²) in [5.74, 6) is -1.24. The van der Waals surface area contributed by atoms with Crippen molar-refractivity contribution in [2.45, 2.75) is 19.0 Å². The Balaban J connectivity index is 1.47. The molecule has 170 valence electrons. The number of nitrogens with one attached hydrogen (secondary N) is 2. The van der Waals surface area contributed by atoms with E-state index in [0.717, 1.165) is 33.6 Å². The number of aliphatic carboxylic acids is 1. The van der Waals surface area contributed by atoms with Gasteiger partial charge in [-0.2, -0.15) is 0 Å². The lowest BCUT2D eigenvalue weighted by Gasteiger charge is -2.38. The van der Waals surface area contributed by atoms with Crippen molar-refractivity contribution in [1.82, 2.24) is 0 Å². The number of para-hydroxylation sites is 2. The van der Waals surface area contributed by atoms with Crippen LogP contribution in [0, 0.1) is 0 Å². The highest BCUT2D eigenvalue weighted by molar-refractivity contribution is 8.00. The Morgan fingerprint density at radius 2 is 1.85 bits per heavy atom. The van der Waals surface area contributed by atoms with Gasteiger partial charge in [0.2, 0.25) is 11.8 Å². The summed E-state index contributed by atoms with van der Waals surface area (Å²) in [4.78, 5) is 38.8. The summed E-state index contributed by atoms with van der Waals surface area (Å²) in [6.45, 7) is 0.545. The summed E-state index contributed by atoms with van der Waals surface area (Å²) in [6.07, 6.45) is 0.625. The maximum absolute atomic E-state index is 13.0. The van der Waals surface area contributed by atoms with Crippen LogP contribution in [0.3, 0.4) is 0 Å². The first kappa shape index (κ1) is 22.9. The van der Waals surface area contributed by atoms with Crippen LogP contribution in [0.2, 0.25) is 0 Å². The van der Waals surface area contributed by atoms with Gasteiger partial charge in [-0.3, -0.25) is 14.4 Å². The molecule has 1 aliphatic heterocycles. The van der Waals surface area contributed by atoms with Crippen molar-refractivity contribution in [3.8, 4) is 0 Å². The normalized spacial score (nSPS) is 15.0. The molecular formula is C24H23N3O4S2. The molecule has 1 aromatic heterocycles. The van der Waals surface area contributed by atoms with Crippen molar-refractivity contribution in [3.63, 3.8) is 0 Å². The van der Waals surface area contributed by atoms with Crippen molar-refractivity contribution in [3.05, 3.63) is 76.5 Å². The third-order valence-corrected chi connectivity index (χ3v) is 6.99. The number of carboxylic acids is 1. The molecular weight excluding hydrogens is 458 g/mol. The predicted octanol–water partition coefficient (Wildman–Crippen LogP) is 4.07. The van der Waals surface area contributed by atoms with Crippen molar-refractivity contribution in [2.75, 3.05) is 27.0 Å². The van der Waals surface area contributed by atoms with Crippen LogP contribution in [0.5, 0.6) is 0 Å². The number of thiophene rings is 1. The Kier molecular flexibility index (Phi) is 7.31. The molecule has 7 nitrogen and oxygen atoms in total. The molecule has 3 aromatic rings. The van der Waals surface area contributed by atoms with Gasteiger partial charge in [-0.25, -0.2) is 0 Å². The van der Waals surface area contributed by atoms with Crippen LogP contribution < -0.4 is 15.5 Å². The van der Waals surface area contributed by atoms with E-state index in [0.29, 0.717) is 18.7 Å². The number of thioether (sulfide) groups is 1. The number of carbonyl (C=O) groups is 3. The van der Waals surface area contributed by atoms with E-state index in [-0.39, 0.29) is 29.4 Å². The molecule has 0 aliphatic carbocycles. The molecule has 1 atom stereocenters. The summed E-state index contributed by atoms with van der Waals surface area (Å²) in [7, 11) is 0. The van der Waals surface area contributed by atoms with Gasteiger partial charge in [-0.05, 0) is 41.3 Å². The monoisotopic (exact) mass is 481 g/mol. The Hall–Kier alpha value is -3.30. The number of benzene rings is 2.